The lowest BCUT2D eigenvalue weighted by Crippen LogP contribution is -2.32. The normalized spacial score (nSPS) is 33.4. The number of nitrogens with one attached hydrogen (secondary N) is 1. The zero-order valence-corrected chi connectivity index (χ0v) is 9.99. The average molecular weight is 297 g/mol. The van der Waals surface area contributed by atoms with Crippen LogP contribution < -0.4 is 5.32 Å². The number of hydrogen-bond donors (Lipinski definition) is 1. The minimum absolute atomic E-state index is 0.232. The largest absolute Gasteiger partial charge is 0.370 e. The lowest BCUT2D eigenvalue weighted by molar-refractivity contribution is 0.584. The predicted molar refractivity (Wildman–Crippen MR) is 67.9 cm³/mol. The minimum Gasteiger partial charge on any atom is -0.370 e. The van der Waals surface area contributed by atoms with Crippen LogP contribution in [0, 0.1) is 0 Å². The van der Waals surface area contributed by atoms with Gasteiger partial charge in [0, 0.05) is 11.6 Å². The number of alkyl halides is 1. The van der Waals surface area contributed by atoms with E-state index in [4.69, 9.17) is 0 Å². The first kappa shape index (κ1) is 8.77. The van der Waals surface area contributed by atoms with Crippen LogP contribution in [-0.2, 0) is 0 Å². The maximum absolute atomic E-state index is 3.65. The van der Waals surface area contributed by atoms with Crippen LogP contribution in [0.5, 0.6) is 0 Å². The van der Waals surface area contributed by atoms with Gasteiger partial charge in [-0.15, -0.1) is 0 Å². The molecule has 2 heteroatoms. The third-order valence-corrected chi connectivity index (χ3v) is 4.61. The van der Waals surface area contributed by atoms with Gasteiger partial charge < -0.3 is 5.32 Å². The molecule has 0 bridgehead atoms. The summed E-state index contributed by atoms with van der Waals surface area (Å²) in [6.45, 7) is 0. The number of hydrogen-bond acceptors (Lipinski definition) is 1. The van der Waals surface area contributed by atoms with E-state index in [1.165, 1.54) is 24.1 Å². The van der Waals surface area contributed by atoms with E-state index in [2.05, 4.69) is 64.3 Å². The van der Waals surface area contributed by atoms with Crippen LogP contribution in [0.2, 0.25) is 0 Å². The second kappa shape index (κ2) is 2.99. The Morgan fingerprint density at radius 3 is 3.14 bits per heavy atom. The number of allylic oxidation sites excluding steroid dienone is 1. The van der Waals surface area contributed by atoms with Gasteiger partial charge in [0.25, 0.3) is 0 Å². The quantitative estimate of drug-likeness (QED) is 0.333. The molecule has 0 aromatic heterocycles. The summed E-state index contributed by atoms with van der Waals surface area (Å²) in [5.74, 6) is 0.563. The van der Waals surface area contributed by atoms with E-state index >= 15 is 0 Å². The number of rotatable bonds is 0. The van der Waals surface area contributed by atoms with Crippen molar-refractivity contribution in [2.45, 2.75) is 22.3 Å². The van der Waals surface area contributed by atoms with Gasteiger partial charge in [-0.25, -0.2) is 0 Å². The van der Waals surface area contributed by atoms with Gasteiger partial charge in [-0.05, 0) is 24.5 Å². The topological polar surface area (TPSA) is 12.0 Å². The third kappa shape index (κ3) is 1.13. The Kier molecular flexibility index (Phi) is 1.87. The van der Waals surface area contributed by atoms with Crippen molar-refractivity contribution in [3.8, 4) is 0 Å². The SMILES string of the molecule is IC12CCC=CC1c1ccccc1N2. The Hall–Kier alpha value is -0.510. The van der Waals surface area contributed by atoms with Crippen LogP contribution in [0.4, 0.5) is 5.69 Å². The van der Waals surface area contributed by atoms with E-state index in [1.807, 2.05) is 0 Å². The first-order valence-electron chi connectivity index (χ1n) is 5.02. The maximum Gasteiger partial charge on any atom is 0.0998 e. The van der Waals surface area contributed by atoms with Crippen LogP contribution in [0.3, 0.4) is 0 Å². The summed E-state index contributed by atoms with van der Waals surface area (Å²) in [6.07, 6.45) is 7.09. The van der Waals surface area contributed by atoms with Gasteiger partial charge >= 0.3 is 0 Å². The summed E-state index contributed by atoms with van der Waals surface area (Å²) < 4.78 is 0.232. The minimum atomic E-state index is 0.232. The fourth-order valence-electron chi connectivity index (χ4n) is 2.43. The number of para-hydroxylation sites is 1. The summed E-state index contributed by atoms with van der Waals surface area (Å²) in [5, 5.41) is 3.65. The molecule has 0 amide bonds. The smallest absolute Gasteiger partial charge is 0.0998 e. The molecular weight excluding hydrogens is 285 g/mol. The lowest BCUT2D eigenvalue weighted by Gasteiger charge is -2.31. The highest BCUT2D eigenvalue weighted by Crippen LogP contribution is 2.51. The third-order valence-electron chi connectivity index (χ3n) is 3.13. The lowest BCUT2D eigenvalue weighted by atomic mass is 9.88. The maximum atomic E-state index is 3.65. The highest BCUT2D eigenvalue weighted by molar-refractivity contribution is 14.1. The van der Waals surface area contributed by atoms with Crippen LogP contribution in [0.1, 0.15) is 24.3 Å². The molecule has 1 aromatic rings. The summed E-state index contributed by atoms with van der Waals surface area (Å²) in [6, 6.07) is 8.66. The van der Waals surface area contributed by atoms with Crippen molar-refractivity contribution in [2.24, 2.45) is 0 Å². The van der Waals surface area contributed by atoms with Gasteiger partial charge in [-0.2, -0.15) is 0 Å². The Bertz CT molecular complexity index is 399. The van der Waals surface area contributed by atoms with Gasteiger partial charge in [0.05, 0.1) is 3.55 Å². The van der Waals surface area contributed by atoms with Crippen molar-refractivity contribution in [1.82, 2.24) is 0 Å². The molecule has 1 aromatic carbocycles. The highest BCUT2D eigenvalue weighted by atomic mass is 127. The van der Waals surface area contributed by atoms with E-state index in [9.17, 15) is 0 Å². The fraction of sp³-hybridized carbons (Fsp3) is 0.333. The number of anilines is 1. The molecule has 0 saturated carbocycles. The molecule has 1 N–H and O–H groups in total. The van der Waals surface area contributed by atoms with Gasteiger partial charge in [-0.3, -0.25) is 0 Å². The summed E-state index contributed by atoms with van der Waals surface area (Å²) in [5.41, 5.74) is 2.77. The second-order valence-electron chi connectivity index (χ2n) is 4.02. The van der Waals surface area contributed by atoms with E-state index in [-0.39, 0.29) is 3.55 Å². The molecule has 0 saturated heterocycles. The number of halogens is 1. The predicted octanol–water partition coefficient (Wildman–Crippen LogP) is 3.68. The van der Waals surface area contributed by atoms with Gasteiger partial charge in [-0.1, -0.05) is 52.9 Å². The summed E-state index contributed by atoms with van der Waals surface area (Å²) >= 11 is 2.58. The van der Waals surface area contributed by atoms with E-state index < -0.39 is 0 Å². The Balaban J connectivity index is 2.14. The molecule has 2 aliphatic rings. The summed E-state index contributed by atoms with van der Waals surface area (Å²) in [7, 11) is 0. The zero-order valence-electron chi connectivity index (χ0n) is 7.83. The standard InChI is InChI=1S/C12H12IN/c13-12-8-4-3-6-10(12)9-5-1-2-7-11(9)14-12/h1-3,5-7,10,14H,4,8H2. The molecular formula is C12H12IN. The van der Waals surface area contributed by atoms with E-state index in [0.717, 1.165) is 0 Å². The molecule has 2 unspecified atom stereocenters. The molecule has 0 fully saturated rings. The molecule has 2 atom stereocenters. The highest BCUT2D eigenvalue weighted by Gasteiger charge is 2.42. The van der Waals surface area contributed by atoms with Crippen LogP contribution in [-0.4, -0.2) is 3.55 Å². The molecule has 14 heavy (non-hydrogen) atoms. The van der Waals surface area contributed by atoms with Crippen molar-refractivity contribution in [2.75, 3.05) is 5.32 Å². The van der Waals surface area contributed by atoms with Gasteiger partial charge in [0.1, 0.15) is 0 Å². The van der Waals surface area contributed by atoms with Crippen molar-refractivity contribution >= 4 is 28.3 Å². The van der Waals surface area contributed by atoms with Gasteiger partial charge in [0.15, 0.2) is 0 Å². The molecule has 0 spiro atoms. The first-order chi connectivity index (χ1) is 6.80. The average Bonchev–Trinajstić information content (AvgIpc) is 2.49. The Morgan fingerprint density at radius 2 is 2.21 bits per heavy atom. The molecule has 1 heterocycles. The van der Waals surface area contributed by atoms with Crippen molar-refractivity contribution in [3.05, 3.63) is 42.0 Å². The van der Waals surface area contributed by atoms with Crippen molar-refractivity contribution in [1.29, 1.82) is 0 Å². The van der Waals surface area contributed by atoms with Crippen molar-refractivity contribution in [3.63, 3.8) is 0 Å². The monoisotopic (exact) mass is 297 g/mol. The molecule has 1 aliphatic carbocycles. The molecule has 1 aliphatic heterocycles. The van der Waals surface area contributed by atoms with E-state index in [1.54, 1.807) is 0 Å². The van der Waals surface area contributed by atoms with Crippen LogP contribution in [0.15, 0.2) is 36.4 Å². The van der Waals surface area contributed by atoms with E-state index in [0.29, 0.717) is 5.92 Å². The molecule has 72 valence electrons. The Labute approximate surface area is 97.7 Å². The fourth-order valence-corrected chi connectivity index (χ4v) is 3.58. The van der Waals surface area contributed by atoms with Crippen LogP contribution >= 0.6 is 22.6 Å². The number of benzene rings is 1. The second-order valence-corrected chi connectivity index (χ2v) is 5.94. The molecule has 1 nitrogen and oxygen atoms in total. The van der Waals surface area contributed by atoms with Gasteiger partial charge in [0.2, 0.25) is 0 Å². The summed E-state index contributed by atoms with van der Waals surface area (Å²) in [4.78, 5) is 0. The molecule has 0 radical (unpaired) electrons. The van der Waals surface area contributed by atoms with Crippen molar-refractivity contribution < 1.29 is 0 Å². The first-order valence-corrected chi connectivity index (χ1v) is 6.10. The van der Waals surface area contributed by atoms with Crippen LogP contribution in [0.25, 0.3) is 0 Å². The Morgan fingerprint density at radius 1 is 1.36 bits per heavy atom. The number of fused-ring (bicyclic) bond motifs is 3. The zero-order chi connectivity index (χ0) is 9.60. The molecule has 3 rings (SSSR count).